The van der Waals surface area contributed by atoms with Crippen LogP contribution < -0.4 is 70.2 Å². The van der Waals surface area contributed by atoms with Gasteiger partial charge in [0.05, 0.1) is 65.4 Å². The molecule has 31 nitrogen and oxygen atoms in total. The van der Waals surface area contributed by atoms with Gasteiger partial charge in [-0.15, -0.1) is 0 Å². The number of hydrogen-bond donors (Lipinski definition) is 6. The Labute approximate surface area is 855 Å². The van der Waals surface area contributed by atoms with E-state index in [9.17, 15) is 33.2 Å². The Morgan fingerprint density at radius 2 is 0.858 bits per heavy atom. The number of aromatic nitrogens is 9. The van der Waals surface area contributed by atoms with E-state index < -0.39 is 11.7 Å². The van der Waals surface area contributed by atoms with E-state index in [1.54, 1.807) is 88.1 Å². The summed E-state index contributed by atoms with van der Waals surface area (Å²) >= 11 is 0. The van der Waals surface area contributed by atoms with Crippen LogP contribution in [0.4, 0.5) is 10.1 Å². The first kappa shape index (κ1) is 102. The van der Waals surface area contributed by atoms with Crippen LogP contribution in [-0.4, -0.2) is 163 Å². The van der Waals surface area contributed by atoms with E-state index in [2.05, 4.69) is 114 Å². The molecule has 8 atom stereocenters. The number of ether oxygens (including phenoxy) is 9. The van der Waals surface area contributed by atoms with Crippen LogP contribution in [-0.2, 0) is 48.5 Å². The van der Waals surface area contributed by atoms with Crippen LogP contribution in [0.5, 0.6) is 46.3 Å². The lowest BCUT2D eigenvalue weighted by molar-refractivity contribution is -0.129. The molecular weight excluding hydrogens is 1880 g/mol. The molecule has 148 heavy (non-hydrogen) atoms. The van der Waals surface area contributed by atoms with Gasteiger partial charge in [-0.25, -0.2) is 14.4 Å². The number of amides is 6. The molecule has 0 aliphatic carbocycles. The number of halogens is 1. The van der Waals surface area contributed by atoms with Crippen LogP contribution in [0.2, 0.25) is 0 Å². The maximum atomic E-state index is 14.1. The number of fused-ring (bicyclic) bond motifs is 6. The second-order valence-corrected chi connectivity index (χ2v) is 37.1. The smallest absolute Gasteiger partial charge is 0.250 e. The van der Waals surface area contributed by atoms with Gasteiger partial charge in [0, 0.05) is 212 Å². The lowest BCUT2D eigenvalue weighted by atomic mass is 9.99. The van der Waals surface area contributed by atoms with Gasteiger partial charge < -0.3 is 79.8 Å². The molecule has 14 heterocycles. The summed E-state index contributed by atoms with van der Waals surface area (Å²) in [5, 5.41) is 19.2. The van der Waals surface area contributed by atoms with Crippen molar-refractivity contribution in [2.45, 2.75) is 131 Å². The minimum Gasteiger partial charge on any atom is -0.495 e. The second-order valence-electron chi connectivity index (χ2n) is 37.1. The van der Waals surface area contributed by atoms with Crippen molar-refractivity contribution in [2.24, 2.45) is 29.4 Å². The Hall–Kier alpha value is -17.3. The van der Waals surface area contributed by atoms with Crippen molar-refractivity contribution in [1.82, 2.24) is 71.0 Å². The molecule has 5 aliphatic heterocycles. The standard InChI is InChI=1S/C26H29N3O3.C25H20N4O3.C23H25N3O3.C21H20FN3O3.C21H21N3O3/c1-4-29(18(3)30)16-19-7-9-20(10-8-19)21-12-24-23(6-5-11-27-24)25(13-21)32-17(2)22-14-26(31)28-15-22;1-15-29-21-7-6-16(10-18(21)13-31-15)17-11-22-19(4-2-8-27-22)24(12-17)32-14-23-20(25(26)30)5-3-9-28-23;1-14(2)28-23-7-6-16(12-26-23)17-9-20-19(5-4-8-24-20)21(10-17)29-15(3)18-11-22(27)25-13-18;1-12(14-9-20(26)24-10-14)28-19-8-13(7-18-16(19)4-3-5-23-18)15-6-17(22)21(27-2)25-11-15;1-13(15-9-21(25)24-11-15)27-20-8-14(7-19-18(20)4-3-5-23-19)16-6-17(26-2)12-22-10-16/h5-13,17,22H,4,14-16H2,1-3H3,(H,28,31);2-12,29H,1,13-14H2,(H2,26,30);4-10,12,14-15,18H,11,13H2,1-3H3,(H,25,27);3-8,11-12,14H,9-10H2,1-2H3,(H,24,26);3-8,10,12-13,15H,9,11H2,1-2H3,(H,24,25)/t17-,22-;;15-,18-;12-,14-;13-,15-/m1.111/s1. The van der Waals surface area contributed by atoms with Gasteiger partial charge in [0.15, 0.2) is 11.7 Å². The summed E-state index contributed by atoms with van der Waals surface area (Å²) in [6.45, 7) is 23.7. The maximum Gasteiger partial charge on any atom is 0.250 e. The summed E-state index contributed by atoms with van der Waals surface area (Å²) in [7, 11) is 3.00. The number of rotatable bonds is 28. The predicted molar refractivity (Wildman–Crippen MR) is 564 cm³/mol. The predicted octanol–water partition coefficient (Wildman–Crippen LogP) is 19.1. The summed E-state index contributed by atoms with van der Waals surface area (Å²) in [4.78, 5) is 111. The Morgan fingerprint density at radius 3 is 1.27 bits per heavy atom. The van der Waals surface area contributed by atoms with Crippen LogP contribution in [0.1, 0.15) is 108 Å². The quantitative estimate of drug-likeness (QED) is 0.0265. The van der Waals surface area contributed by atoms with E-state index in [4.69, 9.17) is 48.4 Å². The minimum atomic E-state index is -0.537. The number of carbonyl (C=O) groups is 6. The van der Waals surface area contributed by atoms with Gasteiger partial charge in [-0.1, -0.05) is 30.3 Å². The van der Waals surface area contributed by atoms with E-state index in [0.29, 0.717) is 117 Å². The molecule has 756 valence electrons. The first-order chi connectivity index (χ1) is 71.7. The second kappa shape index (κ2) is 47.0. The molecule has 0 radical (unpaired) electrons. The molecule has 5 aliphatic rings. The van der Waals surface area contributed by atoms with Gasteiger partial charge in [0.1, 0.15) is 72.1 Å². The van der Waals surface area contributed by atoms with Gasteiger partial charge in [-0.05, 0) is 263 Å². The summed E-state index contributed by atoms with van der Waals surface area (Å²) in [6.07, 6.45) is 18.8. The van der Waals surface area contributed by atoms with Crippen molar-refractivity contribution in [1.29, 1.82) is 0 Å². The Morgan fingerprint density at radius 1 is 0.446 bits per heavy atom. The number of pyridine rings is 9. The van der Waals surface area contributed by atoms with Crippen LogP contribution in [0.25, 0.3) is 110 Å². The third kappa shape index (κ3) is 25.2. The van der Waals surface area contributed by atoms with E-state index in [0.717, 1.165) is 139 Å². The van der Waals surface area contributed by atoms with Gasteiger partial charge in [-0.3, -0.25) is 63.7 Å². The molecule has 6 amide bonds. The fraction of sp³-hybridized carbons (Fsp3) is 0.267. The van der Waals surface area contributed by atoms with Crippen LogP contribution in [0.15, 0.2) is 275 Å². The zero-order valence-corrected chi connectivity index (χ0v) is 83.8. The van der Waals surface area contributed by atoms with Crippen LogP contribution in [0.3, 0.4) is 0 Å². The SMILES string of the molecule is C=C1Nc2ccc(-c3cc(OCc4ncccc4C(N)=O)c4cccnc4c3)cc2CO1.CC(C)Oc1ccc(-c2cc(O[C@H](C)[C@H]3CNC(=O)C3)c3cccnc3c2)cn1.CCN(Cc1ccc(-c2cc(O[C@H](C)[C@H]3CNC(=O)C3)c3cccnc3c2)cc1)C(C)=O.COc1cncc(-c2cc(O[C@H](C)[C@H]3CNC(=O)C3)c3cccnc3c2)c1.COc1ncc(-c2cc(O[C@H](C)[C@H]3CNC(=O)C3)c3cccnc3c2)cc1F. The topological polar surface area (TPSA) is 391 Å². The normalized spacial score (nSPS) is 16.2. The molecule has 9 aromatic heterocycles. The number of primary amides is 1. The van der Waals surface area contributed by atoms with Gasteiger partial charge >= 0.3 is 0 Å². The zero-order valence-electron chi connectivity index (χ0n) is 83.8. The average molecular weight is 1990 g/mol. The third-order valence-corrected chi connectivity index (χ3v) is 26.5. The number of nitrogens with two attached hydrogens (primary N) is 1. The summed E-state index contributed by atoms with van der Waals surface area (Å²) < 4.78 is 66.8. The van der Waals surface area contributed by atoms with Crippen LogP contribution in [0, 0.1) is 29.5 Å². The monoisotopic (exact) mass is 1990 g/mol. The number of hydrogen-bond acceptors (Lipinski definition) is 25. The lowest BCUT2D eigenvalue weighted by Crippen LogP contribution is -2.27. The highest BCUT2D eigenvalue weighted by atomic mass is 19.1. The highest BCUT2D eigenvalue weighted by Crippen LogP contribution is 2.42. The first-order valence-corrected chi connectivity index (χ1v) is 49.1. The first-order valence-electron chi connectivity index (χ1n) is 49.1. The molecular formula is C116H115FN16O15. The molecule has 0 spiro atoms. The van der Waals surface area contributed by atoms with E-state index in [1.807, 2.05) is 199 Å². The fourth-order valence-corrected chi connectivity index (χ4v) is 18.2. The number of methoxy groups -OCH3 is 2. The fourth-order valence-electron chi connectivity index (χ4n) is 18.2. The van der Waals surface area contributed by atoms with Crippen LogP contribution >= 0.6 is 0 Å². The molecule has 7 N–H and O–H groups in total. The molecule has 7 aromatic carbocycles. The highest BCUT2D eigenvalue weighted by molar-refractivity contribution is 5.96. The van der Waals surface area contributed by atoms with Crippen molar-refractivity contribution in [2.75, 3.05) is 52.3 Å². The Balaban J connectivity index is 0.000000126. The van der Waals surface area contributed by atoms with E-state index in [1.165, 1.54) is 13.2 Å². The molecule has 21 rings (SSSR count). The van der Waals surface area contributed by atoms with Crippen molar-refractivity contribution >= 4 is 95.6 Å². The highest BCUT2D eigenvalue weighted by Gasteiger charge is 2.34. The summed E-state index contributed by atoms with van der Waals surface area (Å²) in [5.74, 6) is 5.23. The number of benzene rings is 7. The molecule has 4 saturated heterocycles. The molecule has 0 bridgehead atoms. The zero-order chi connectivity index (χ0) is 104. The van der Waals surface area contributed by atoms with Gasteiger partial charge in [-0.2, -0.15) is 0 Å². The molecule has 4 fully saturated rings. The van der Waals surface area contributed by atoms with Crippen molar-refractivity contribution in [3.05, 3.63) is 303 Å². The van der Waals surface area contributed by atoms with Crippen molar-refractivity contribution in [3.8, 4) is 102 Å². The molecule has 32 heteroatoms. The largest absolute Gasteiger partial charge is 0.495 e. The lowest BCUT2D eigenvalue weighted by Gasteiger charge is -2.21. The summed E-state index contributed by atoms with van der Waals surface area (Å²) in [5.41, 5.74) is 22.7. The minimum absolute atomic E-state index is 0.0421. The van der Waals surface area contributed by atoms with Gasteiger partial charge in [0.2, 0.25) is 41.3 Å². The number of carbonyl (C=O) groups excluding carboxylic acids is 6. The third-order valence-electron chi connectivity index (χ3n) is 26.5. The number of nitrogens with one attached hydrogen (secondary N) is 5. The Bertz CT molecular complexity index is 7590. The number of anilines is 1. The Kier molecular flexibility index (Phi) is 32.5. The summed E-state index contributed by atoms with van der Waals surface area (Å²) in [6, 6.07) is 64.1. The van der Waals surface area contributed by atoms with Gasteiger partial charge in [0.25, 0.3) is 5.91 Å². The maximum absolute atomic E-state index is 14.1. The molecule has 0 saturated carbocycles. The van der Waals surface area contributed by atoms with E-state index >= 15 is 0 Å². The molecule has 0 unspecified atom stereocenters. The van der Waals surface area contributed by atoms with Crippen molar-refractivity contribution in [3.63, 3.8) is 0 Å². The molecule has 16 aromatic rings. The number of nitrogens with zero attached hydrogens (tertiary/aromatic N) is 10. The average Bonchev–Trinajstić information content (AvgIpc) is 1.23. The van der Waals surface area contributed by atoms with Crippen molar-refractivity contribution < 1.29 is 75.8 Å². The van der Waals surface area contributed by atoms with E-state index in [-0.39, 0.29) is 96.2 Å².